The molecule has 3 heteroatoms. The first-order valence-corrected chi connectivity index (χ1v) is 5.41. The molecule has 2 heterocycles. The van der Waals surface area contributed by atoms with Crippen LogP contribution in [0.25, 0.3) is 11.0 Å². The minimum absolute atomic E-state index is 0.0967. The van der Waals surface area contributed by atoms with Gasteiger partial charge in [0.25, 0.3) is 0 Å². The van der Waals surface area contributed by atoms with Crippen molar-refractivity contribution in [3.8, 4) is 11.8 Å². The Labute approximate surface area is 103 Å². The first kappa shape index (κ1) is 10.4. The molecule has 0 aliphatic rings. The van der Waals surface area contributed by atoms with Crippen LogP contribution >= 0.6 is 0 Å². The number of hydrogen-bond acceptors (Lipinski definition) is 3. The average Bonchev–Trinajstić information content (AvgIpc) is 2.90. The van der Waals surface area contributed by atoms with Gasteiger partial charge in [0.15, 0.2) is 16.9 Å². The van der Waals surface area contributed by atoms with Gasteiger partial charge in [-0.2, -0.15) is 0 Å². The Bertz CT molecular complexity index is 799. The lowest BCUT2D eigenvalue weighted by atomic mass is 10.2. The fourth-order valence-corrected chi connectivity index (χ4v) is 1.64. The second-order valence-corrected chi connectivity index (χ2v) is 3.70. The first-order valence-electron chi connectivity index (χ1n) is 5.41. The molecule has 0 saturated heterocycles. The number of rotatable bonds is 0. The van der Waals surface area contributed by atoms with Crippen LogP contribution in [0.4, 0.5) is 0 Å². The van der Waals surface area contributed by atoms with Crippen LogP contribution in [0.15, 0.2) is 62.4 Å². The number of para-hydroxylation sites is 1. The third-order valence-corrected chi connectivity index (χ3v) is 2.46. The quantitative estimate of drug-likeness (QED) is 0.564. The topological polar surface area (TPSA) is 43.4 Å². The first-order chi connectivity index (χ1) is 8.83. The summed E-state index contributed by atoms with van der Waals surface area (Å²) in [6.07, 6.45) is 1.54. The van der Waals surface area contributed by atoms with Gasteiger partial charge in [0.2, 0.25) is 0 Å². The van der Waals surface area contributed by atoms with E-state index in [0.717, 1.165) is 0 Å². The van der Waals surface area contributed by atoms with Crippen LogP contribution in [0, 0.1) is 11.8 Å². The van der Waals surface area contributed by atoms with Gasteiger partial charge in [0, 0.05) is 6.07 Å². The lowest BCUT2D eigenvalue weighted by Gasteiger charge is -1.95. The van der Waals surface area contributed by atoms with Gasteiger partial charge in [0.1, 0.15) is 5.58 Å². The average molecular weight is 236 g/mol. The molecule has 0 saturated carbocycles. The molecule has 0 bridgehead atoms. The maximum absolute atomic E-state index is 11.8. The zero-order valence-corrected chi connectivity index (χ0v) is 9.34. The summed E-state index contributed by atoms with van der Waals surface area (Å²) in [7, 11) is 0. The van der Waals surface area contributed by atoms with E-state index in [1.807, 2.05) is 6.07 Å². The van der Waals surface area contributed by atoms with E-state index in [-0.39, 0.29) is 5.43 Å². The molecule has 0 spiro atoms. The molecule has 3 nitrogen and oxygen atoms in total. The van der Waals surface area contributed by atoms with Crippen LogP contribution in [0.1, 0.15) is 11.5 Å². The van der Waals surface area contributed by atoms with E-state index < -0.39 is 0 Å². The molecule has 0 unspecified atom stereocenters. The minimum atomic E-state index is -0.0967. The van der Waals surface area contributed by atoms with Crippen molar-refractivity contribution in [2.24, 2.45) is 0 Å². The van der Waals surface area contributed by atoms with Gasteiger partial charge in [-0.05, 0) is 36.1 Å². The Balaban J connectivity index is 2.11. The second-order valence-electron chi connectivity index (χ2n) is 3.70. The van der Waals surface area contributed by atoms with Crippen LogP contribution in [-0.4, -0.2) is 0 Å². The fourth-order valence-electron chi connectivity index (χ4n) is 1.64. The van der Waals surface area contributed by atoms with E-state index in [2.05, 4.69) is 11.8 Å². The maximum atomic E-state index is 11.8. The summed E-state index contributed by atoms with van der Waals surface area (Å²) in [6.45, 7) is 0. The normalized spacial score (nSPS) is 10.0. The van der Waals surface area contributed by atoms with E-state index in [9.17, 15) is 4.79 Å². The third-order valence-electron chi connectivity index (χ3n) is 2.46. The highest BCUT2D eigenvalue weighted by molar-refractivity contribution is 5.76. The summed E-state index contributed by atoms with van der Waals surface area (Å²) in [6, 6.07) is 12.0. The predicted octanol–water partition coefficient (Wildman–Crippen LogP) is 2.79. The number of furan rings is 1. The lowest BCUT2D eigenvalue weighted by molar-refractivity contribution is 0.553. The van der Waals surface area contributed by atoms with Gasteiger partial charge in [0.05, 0.1) is 11.6 Å². The SMILES string of the molecule is O=c1cc(C#Cc2ccco2)oc2ccccc12. The van der Waals surface area contributed by atoms with E-state index in [4.69, 9.17) is 8.83 Å². The predicted molar refractivity (Wildman–Crippen MR) is 67.2 cm³/mol. The zero-order chi connectivity index (χ0) is 12.4. The molecule has 18 heavy (non-hydrogen) atoms. The van der Waals surface area contributed by atoms with Crippen LogP contribution in [-0.2, 0) is 0 Å². The Hall–Kier alpha value is -2.73. The smallest absolute Gasteiger partial charge is 0.193 e. The van der Waals surface area contributed by atoms with Crippen LogP contribution < -0.4 is 5.43 Å². The van der Waals surface area contributed by atoms with Crippen LogP contribution in [0.2, 0.25) is 0 Å². The number of hydrogen-bond donors (Lipinski definition) is 0. The molecule has 1 aromatic carbocycles. The van der Waals surface area contributed by atoms with Crippen molar-refractivity contribution < 1.29 is 8.83 Å². The van der Waals surface area contributed by atoms with E-state index in [1.165, 1.54) is 6.07 Å². The highest BCUT2D eigenvalue weighted by Crippen LogP contribution is 2.11. The fraction of sp³-hybridized carbons (Fsp3) is 0. The van der Waals surface area contributed by atoms with Crippen molar-refractivity contribution >= 4 is 11.0 Å². The molecule has 86 valence electrons. The van der Waals surface area contributed by atoms with Gasteiger partial charge < -0.3 is 8.83 Å². The molecule has 0 aliphatic carbocycles. The van der Waals surface area contributed by atoms with Crippen LogP contribution in [0.5, 0.6) is 0 Å². The molecular formula is C15H8O3. The summed E-state index contributed by atoms with van der Waals surface area (Å²) in [5.41, 5.74) is 0.439. The molecular weight excluding hydrogens is 228 g/mol. The summed E-state index contributed by atoms with van der Waals surface area (Å²) in [5, 5.41) is 0.557. The molecule has 0 amide bonds. The van der Waals surface area contributed by atoms with Gasteiger partial charge in [-0.3, -0.25) is 4.79 Å². The maximum Gasteiger partial charge on any atom is 0.193 e. The summed E-state index contributed by atoms with van der Waals surface area (Å²) >= 11 is 0. The second kappa shape index (κ2) is 4.27. The van der Waals surface area contributed by atoms with Crippen LogP contribution in [0.3, 0.4) is 0 Å². The van der Waals surface area contributed by atoms with E-state index >= 15 is 0 Å². The Morgan fingerprint density at radius 2 is 1.78 bits per heavy atom. The Morgan fingerprint density at radius 1 is 0.944 bits per heavy atom. The molecule has 0 atom stereocenters. The third kappa shape index (κ3) is 1.92. The Kier molecular flexibility index (Phi) is 2.47. The van der Waals surface area contributed by atoms with Crippen molar-refractivity contribution in [3.63, 3.8) is 0 Å². The Morgan fingerprint density at radius 3 is 2.61 bits per heavy atom. The lowest BCUT2D eigenvalue weighted by Crippen LogP contribution is -1.99. The molecule has 3 aromatic rings. The van der Waals surface area contributed by atoms with Crippen molar-refractivity contribution in [1.82, 2.24) is 0 Å². The summed E-state index contributed by atoms with van der Waals surface area (Å²) in [5.74, 6) is 6.42. The van der Waals surface area contributed by atoms with Crippen molar-refractivity contribution in [2.45, 2.75) is 0 Å². The molecule has 2 aromatic heterocycles. The van der Waals surface area contributed by atoms with E-state index in [0.29, 0.717) is 22.5 Å². The largest absolute Gasteiger partial charge is 0.456 e. The van der Waals surface area contributed by atoms with Gasteiger partial charge in [-0.1, -0.05) is 12.1 Å². The highest BCUT2D eigenvalue weighted by atomic mass is 16.3. The molecule has 0 N–H and O–H groups in total. The molecule has 0 radical (unpaired) electrons. The highest BCUT2D eigenvalue weighted by Gasteiger charge is 2.01. The minimum Gasteiger partial charge on any atom is -0.456 e. The number of benzene rings is 1. The summed E-state index contributed by atoms with van der Waals surface area (Å²) in [4.78, 5) is 11.8. The van der Waals surface area contributed by atoms with E-state index in [1.54, 1.807) is 36.6 Å². The van der Waals surface area contributed by atoms with Gasteiger partial charge in [-0.15, -0.1) is 0 Å². The summed E-state index contributed by atoms with van der Waals surface area (Å²) < 4.78 is 10.6. The number of fused-ring (bicyclic) bond motifs is 1. The molecule has 3 rings (SSSR count). The van der Waals surface area contributed by atoms with Crippen molar-refractivity contribution in [1.29, 1.82) is 0 Å². The van der Waals surface area contributed by atoms with Crippen molar-refractivity contribution in [3.05, 3.63) is 70.5 Å². The molecule has 0 aliphatic heterocycles. The monoisotopic (exact) mass is 236 g/mol. The van der Waals surface area contributed by atoms with Gasteiger partial charge in [-0.25, -0.2) is 0 Å². The standard InChI is InChI=1S/C15H8O3/c16-14-10-12(8-7-11-4-3-9-17-11)18-15-6-2-1-5-13(14)15/h1-6,9-10H. The molecule has 0 fully saturated rings. The van der Waals surface area contributed by atoms with Gasteiger partial charge >= 0.3 is 0 Å². The zero-order valence-electron chi connectivity index (χ0n) is 9.34. The van der Waals surface area contributed by atoms with Crippen molar-refractivity contribution in [2.75, 3.05) is 0 Å².